The van der Waals surface area contributed by atoms with Crippen molar-refractivity contribution in [1.29, 1.82) is 0 Å². The highest BCUT2D eigenvalue weighted by Gasteiger charge is 2.52. The van der Waals surface area contributed by atoms with E-state index in [9.17, 15) is 32.8 Å². The SMILES string of the molecule is CCCC[C@H](NC(=O)[C@@H]1CC(F)(F)CN1C(=O)[C@H](C)NC(=O)CN=[N+]=[N-])C(=O)N[C@@H](CC(C)C)C(=O)C1(C)CO1. The van der Waals surface area contributed by atoms with Gasteiger partial charge in [-0.15, -0.1) is 0 Å². The third-order valence-electron chi connectivity index (χ3n) is 6.80. The lowest BCUT2D eigenvalue weighted by molar-refractivity contribution is -0.142. The molecule has 0 spiro atoms. The normalized spacial score (nSPS) is 23.4. The number of amides is 4. The molecule has 1 unspecified atom stereocenters. The van der Waals surface area contributed by atoms with Gasteiger partial charge in [-0.2, -0.15) is 0 Å². The Morgan fingerprint density at radius 3 is 2.33 bits per heavy atom. The summed E-state index contributed by atoms with van der Waals surface area (Å²) in [6, 6.07) is -4.86. The standard InChI is InChI=1S/C25H39F2N7O6/c1-6-7-8-16(21(37)32-17(9-14(2)3)20(36)24(5)13-40-24)31-22(38)18-10-25(26,27)12-34(18)23(39)15(4)30-19(35)11-29-33-28/h14-18H,6-13H2,1-5H3,(H,30,35)(H,31,38)(H,32,37)/t15-,16-,17-,18-,24?/m0/s1. The van der Waals surface area contributed by atoms with Gasteiger partial charge in [-0.1, -0.05) is 38.7 Å². The molecule has 4 amide bonds. The first kappa shape index (κ1) is 32.9. The lowest BCUT2D eigenvalue weighted by Gasteiger charge is -2.29. The summed E-state index contributed by atoms with van der Waals surface area (Å²) in [4.78, 5) is 67.3. The highest BCUT2D eigenvalue weighted by molar-refractivity contribution is 5.98. The number of halogens is 2. The number of hydrogen-bond acceptors (Lipinski definition) is 7. The van der Waals surface area contributed by atoms with Gasteiger partial charge in [0, 0.05) is 11.3 Å². The van der Waals surface area contributed by atoms with Crippen LogP contribution < -0.4 is 16.0 Å². The van der Waals surface area contributed by atoms with E-state index in [1.165, 1.54) is 6.92 Å². The maximum absolute atomic E-state index is 14.4. The molecule has 0 radical (unpaired) electrons. The van der Waals surface area contributed by atoms with E-state index in [0.29, 0.717) is 24.2 Å². The smallest absolute Gasteiger partial charge is 0.267 e. The molecule has 13 nitrogen and oxygen atoms in total. The molecular weight excluding hydrogens is 532 g/mol. The van der Waals surface area contributed by atoms with Crippen molar-refractivity contribution in [1.82, 2.24) is 20.9 Å². The lowest BCUT2D eigenvalue weighted by Crippen LogP contribution is -2.57. The van der Waals surface area contributed by atoms with E-state index >= 15 is 0 Å². The zero-order valence-electron chi connectivity index (χ0n) is 23.5. The van der Waals surface area contributed by atoms with E-state index < -0.39 is 78.8 Å². The Bertz CT molecular complexity index is 1030. The first-order valence-corrected chi connectivity index (χ1v) is 13.4. The van der Waals surface area contributed by atoms with Crippen LogP contribution in [-0.2, 0) is 28.7 Å². The van der Waals surface area contributed by atoms with Crippen molar-refractivity contribution in [2.24, 2.45) is 11.0 Å². The number of carbonyl (C=O) groups is 5. The van der Waals surface area contributed by atoms with Gasteiger partial charge >= 0.3 is 0 Å². The molecule has 2 aliphatic heterocycles. The van der Waals surface area contributed by atoms with Crippen molar-refractivity contribution >= 4 is 29.4 Å². The zero-order chi connectivity index (χ0) is 30.3. The molecule has 0 aromatic heterocycles. The number of likely N-dealkylation sites (tertiary alicyclic amines) is 1. The third kappa shape index (κ3) is 9.12. The summed E-state index contributed by atoms with van der Waals surface area (Å²) in [7, 11) is 0. The van der Waals surface area contributed by atoms with Gasteiger partial charge in [0.1, 0.15) is 30.3 Å². The topological polar surface area (TPSA) is 186 Å². The Morgan fingerprint density at radius 2 is 1.77 bits per heavy atom. The Kier molecular flexibility index (Phi) is 11.4. The zero-order valence-corrected chi connectivity index (χ0v) is 23.5. The van der Waals surface area contributed by atoms with Crippen molar-refractivity contribution in [3.8, 4) is 0 Å². The quantitative estimate of drug-likeness (QED) is 0.116. The van der Waals surface area contributed by atoms with Crippen molar-refractivity contribution in [3.05, 3.63) is 10.4 Å². The number of hydrogen-bond donors (Lipinski definition) is 3. The number of nitrogens with one attached hydrogen (secondary N) is 3. The molecule has 0 aliphatic carbocycles. The van der Waals surface area contributed by atoms with E-state index in [4.69, 9.17) is 10.3 Å². The molecule has 224 valence electrons. The third-order valence-corrected chi connectivity index (χ3v) is 6.80. The number of ketones is 1. The van der Waals surface area contributed by atoms with Gasteiger partial charge in [-0.3, -0.25) is 24.0 Å². The van der Waals surface area contributed by atoms with E-state index in [0.717, 1.165) is 0 Å². The maximum Gasteiger partial charge on any atom is 0.267 e. The Hall–Kier alpha value is -3.32. The molecule has 15 heteroatoms. The second-order valence-corrected chi connectivity index (χ2v) is 11.0. The van der Waals surface area contributed by atoms with Crippen LogP contribution in [0.2, 0.25) is 0 Å². The first-order chi connectivity index (χ1) is 18.6. The van der Waals surface area contributed by atoms with Gasteiger partial charge < -0.3 is 25.6 Å². The molecule has 3 N–H and O–H groups in total. The Balaban J connectivity index is 2.18. The van der Waals surface area contributed by atoms with Crippen LogP contribution in [0.1, 0.15) is 66.7 Å². The van der Waals surface area contributed by atoms with Crippen LogP contribution in [0.25, 0.3) is 10.4 Å². The Labute approximate surface area is 231 Å². The number of rotatable bonds is 15. The summed E-state index contributed by atoms with van der Waals surface area (Å²) < 4.78 is 34.1. The van der Waals surface area contributed by atoms with Gasteiger partial charge in [0.2, 0.25) is 23.6 Å². The summed E-state index contributed by atoms with van der Waals surface area (Å²) >= 11 is 0. The van der Waals surface area contributed by atoms with E-state index in [-0.39, 0.29) is 24.7 Å². The highest BCUT2D eigenvalue weighted by atomic mass is 19.3. The second kappa shape index (κ2) is 13.8. The van der Waals surface area contributed by atoms with E-state index in [1.54, 1.807) is 6.92 Å². The maximum atomic E-state index is 14.4. The lowest BCUT2D eigenvalue weighted by atomic mass is 9.93. The van der Waals surface area contributed by atoms with Crippen molar-refractivity contribution in [3.63, 3.8) is 0 Å². The van der Waals surface area contributed by atoms with E-state index in [2.05, 4.69) is 26.0 Å². The first-order valence-electron chi connectivity index (χ1n) is 13.4. The number of nitrogens with zero attached hydrogens (tertiary/aromatic N) is 4. The van der Waals surface area contributed by atoms with Crippen LogP contribution in [0, 0.1) is 5.92 Å². The van der Waals surface area contributed by atoms with Crippen LogP contribution >= 0.6 is 0 Å². The van der Waals surface area contributed by atoms with E-state index in [1.807, 2.05) is 20.8 Å². The monoisotopic (exact) mass is 571 g/mol. The van der Waals surface area contributed by atoms with Crippen LogP contribution in [0.3, 0.4) is 0 Å². The Morgan fingerprint density at radius 1 is 1.12 bits per heavy atom. The van der Waals surface area contributed by atoms with Gasteiger partial charge in [0.25, 0.3) is 5.92 Å². The minimum Gasteiger partial charge on any atom is -0.361 e. The molecule has 40 heavy (non-hydrogen) atoms. The number of ether oxygens (including phenoxy) is 1. The fraction of sp³-hybridized carbons (Fsp3) is 0.800. The van der Waals surface area contributed by atoms with Crippen LogP contribution in [0.4, 0.5) is 8.78 Å². The van der Waals surface area contributed by atoms with Crippen LogP contribution in [0.15, 0.2) is 5.11 Å². The number of Topliss-reactive ketones (excluding diaryl/α,β-unsaturated/α-hetero) is 1. The van der Waals surface area contributed by atoms with Gasteiger partial charge in [-0.05, 0) is 38.1 Å². The van der Waals surface area contributed by atoms with Crippen molar-refractivity contribution in [2.75, 3.05) is 19.7 Å². The predicted molar refractivity (Wildman–Crippen MR) is 139 cm³/mol. The predicted octanol–water partition coefficient (Wildman–Crippen LogP) is 1.60. The minimum atomic E-state index is -3.37. The fourth-order valence-electron chi connectivity index (χ4n) is 4.52. The molecule has 0 aromatic rings. The van der Waals surface area contributed by atoms with Gasteiger partial charge in [0.15, 0.2) is 5.78 Å². The molecule has 5 atom stereocenters. The van der Waals surface area contributed by atoms with Crippen molar-refractivity contribution in [2.45, 2.75) is 102 Å². The summed E-state index contributed by atoms with van der Waals surface area (Å²) in [5, 5.41) is 10.6. The minimum absolute atomic E-state index is 0.0646. The number of alkyl halides is 2. The molecule has 2 heterocycles. The molecule has 0 saturated carbocycles. The fourth-order valence-corrected chi connectivity index (χ4v) is 4.52. The average Bonchev–Trinajstić information content (AvgIpc) is 3.54. The number of unbranched alkanes of at least 4 members (excludes halogenated alkanes) is 1. The summed E-state index contributed by atoms with van der Waals surface area (Å²) in [6.07, 6.45) is 0.779. The summed E-state index contributed by atoms with van der Waals surface area (Å²) in [6.45, 7) is 7.17. The second-order valence-electron chi connectivity index (χ2n) is 11.0. The average molecular weight is 572 g/mol. The van der Waals surface area contributed by atoms with Gasteiger partial charge in [-0.25, -0.2) is 8.78 Å². The molecule has 0 bridgehead atoms. The number of carbonyl (C=O) groups excluding carboxylic acids is 5. The molecule has 2 saturated heterocycles. The molecule has 2 fully saturated rings. The van der Waals surface area contributed by atoms with Crippen LogP contribution in [0.5, 0.6) is 0 Å². The molecule has 0 aromatic carbocycles. The molecular formula is C25H39F2N7O6. The van der Waals surface area contributed by atoms with Crippen molar-refractivity contribution < 1.29 is 37.5 Å². The molecule has 2 aliphatic rings. The summed E-state index contributed by atoms with van der Waals surface area (Å²) in [5.41, 5.74) is 7.35. The number of azide groups is 1. The summed E-state index contributed by atoms with van der Waals surface area (Å²) in [5.74, 6) is -6.89. The van der Waals surface area contributed by atoms with Gasteiger partial charge in [0.05, 0.1) is 19.2 Å². The van der Waals surface area contributed by atoms with Crippen LogP contribution in [-0.4, -0.2) is 89.7 Å². The highest BCUT2D eigenvalue weighted by Crippen LogP contribution is 2.33. The largest absolute Gasteiger partial charge is 0.361 e. The number of epoxide rings is 1. The molecule has 2 rings (SSSR count).